The van der Waals surface area contributed by atoms with Gasteiger partial charge >= 0.3 is 0 Å². The van der Waals surface area contributed by atoms with E-state index in [2.05, 4.69) is 6.92 Å². The van der Waals surface area contributed by atoms with E-state index in [9.17, 15) is 15.3 Å². The van der Waals surface area contributed by atoms with Crippen molar-refractivity contribution in [3.05, 3.63) is 0 Å². The van der Waals surface area contributed by atoms with Gasteiger partial charge in [0.2, 0.25) is 0 Å². The SMILES string of the molecule is CCCCCCCCCCCCCCCCCC[N+](CCO)(CCO)CCO.[ClH2+]. The van der Waals surface area contributed by atoms with Crippen LogP contribution in [0.2, 0.25) is 0 Å². The molecule has 29 heavy (non-hydrogen) atoms. The summed E-state index contributed by atoms with van der Waals surface area (Å²) >= 11 is 0. The van der Waals surface area contributed by atoms with Gasteiger partial charge in [-0.3, -0.25) is 0 Å². The highest BCUT2D eigenvalue weighted by Crippen LogP contribution is 2.15. The normalized spacial score (nSPS) is 11.6. The lowest BCUT2D eigenvalue weighted by molar-refractivity contribution is -0.929. The summed E-state index contributed by atoms with van der Waals surface area (Å²) in [5.74, 6) is 0. The molecule has 0 aromatic rings. The fourth-order valence-electron chi connectivity index (χ4n) is 4.30. The molecule has 0 aliphatic heterocycles. The highest BCUT2D eigenvalue weighted by Gasteiger charge is 2.25. The Morgan fingerprint density at radius 2 is 0.690 bits per heavy atom. The Morgan fingerprint density at radius 3 is 0.966 bits per heavy atom. The van der Waals surface area contributed by atoms with Crippen LogP contribution in [-0.2, 0) is 0 Å². The number of hydrogen-bond donors (Lipinski definition) is 3. The number of aliphatic hydroxyl groups is 3. The van der Waals surface area contributed by atoms with Gasteiger partial charge in [0.05, 0.1) is 38.8 Å². The van der Waals surface area contributed by atoms with Crippen molar-refractivity contribution in [2.45, 2.75) is 110 Å². The maximum absolute atomic E-state index is 9.31. The van der Waals surface area contributed by atoms with Gasteiger partial charge in [0.15, 0.2) is 0 Å². The minimum absolute atomic E-state index is 0. The zero-order valence-electron chi connectivity index (χ0n) is 19.5. The first kappa shape index (κ1) is 31.3. The minimum Gasteiger partial charge on any atom is -0.391 e. The summed E-state index contributed by atoms with van der Waals surface area (Å²) in [6.07, 6.45) is 21.9. The van der Waals surface area contributed by atoms with Crippen LogP contribution in [0, 0.1) is 12.4 Å². The van der Waals surface area contributed by atoms with Crippen LogP contribution in [0.4, 0.5) is 0 Å². The number of rotatable bonds is 23. The average Bonchev–Trinajstić information content (AvgIpc) is 2.68. The van der Waals surface area contributed by atoms with Gasteiger partial charge in [0.25, 0.3) is 0 Å². The first-order valence-corrected chi connectivity index (χ1v) is 12.4. The zero-order chi connectivity index (χ0) is 20.8. The van der Waals surface area contributed by atoms with E-state index in [1.807, 2.05) is 0 Å². The standard InChI is InChI=1S/C24H52NO3.ClH2/c1-2-3-4-5-6-7-8-9-10-11-12-13-14-15-16-17-18-25(19-22-26,20-23-27)21-24-28;/h26-28H,2-24H2,1H3;1H2/q2*+1. The van der Waals surface area contributed by atoms with Gasteiger partial charge in [-0.05, 0) is 12.8 Å². The number of unbranched alkanes of at least 4 members (excludes halogenated alkanes) is 15. The fraction of sp³-hybridized carbons (Fsp3) is 1.00. The number of nitrogens with zero attached hydrogens (tertiary/aromatic N) is 1. The van der Waals surface area contributed by atoms with Crippen LogP contribution in [-0.4, -0.2) is 65.8 Å². The average molecular weight is 440 g/mol. The minimum atomic E-state index is 0. The molecule has 178 valence electrons. The van der Waals surface area contributed by atoms with Gasteiger partial charge in [-0.25, -0.2) is 0 Å². The van der Waals surface area contributed by atoms with Gasteiger partial charge in [0, 0.05) is 0 Å². The molecule has 0 aliphatic rings. The summed E-state index contributed by atoms with van der Waals surface area (Å²) in [6, 6.07) is 0. The topological polar surface area (TPSA) is 60.7 Å². The van der Waals surface area contributed by atoms with E-state index in [0.29, 0.717) is 24.1 Å². The van der Waals surface area contributed by atoms with Crippen molar-refractivity contribution in [1.82, 2.24) is 0 Å². The van der Waals surface area contributed by atoms with E-state index in [1.165, 1.54) is 96.3 Å². The molecular formula is C24H54ClNO3+2. The van der Waals surface area contributed by atoms with Gasteiger partial charge in [-0.15, -0.1) is 0 Å². The lowest BCUT2D eigenvalue weighted by Gasteiger charge is -2.37. The monoisotopic (exact) mass is 439 g/mol. The molecule has 0 heterocycles. The summed E-state index contributed by atoms with van der Waals surface area (Å²) in [4.78, 5) is 0. The van der Waals surface area contributed by atoms with Crippen LogP contribution in [0.1, 0.15) is 110 Å². The molecule has 0 bridgehead atoms. The molecule has 0 fully saturated rings. The van der Waals surface area contributed by atoms with Gasteiger partial charge in [0.1, 0.15) is 19.6 Å². The third kappa shape index (κ3) is 19.8. The summed E-state index contributed by atoms with van der Waals surface area (Å²) in [7, 11) is 0. The van der Waals surface area contributed by atoms with Crippen molar-refractivity contribution in [2.24, 2.45) is 0 Å². The van der Waals surface area contributed by atoms with Crippen molar-refractivity contribution in [3.8, 4) is 0 Å². The maximum atomic E-state index is 9.31. The van der Waals surface area contributed by atoms with E-state index < -0.39 is 0 Å². The van der Waals surface area contributed by atoms with Gasteiger partial charge in [-0.1, -0.05) is 96.8 Å². The van der Waals surface area contributed by atoms with Crippen LogP contribution in [0.3, 0.4) is 0 Å². The molecule has 5 heteroatoms. The van der Waals surface area contributed by atoms with Crippen LogP contribution in [0.15, 0.2) is 0 Å². The predicted octanol–water partition coefficient (Wildman–Crippen LogP) is 4.51. The molecular weight excluding hydrogens is 386 g/mol. The maximum Gasteiger partial charge on any atom is 0.102 e. The number of aliphatic hydroxyl groups excluding tert-OH is 3. The quantitative estimate of drug-likeness (QED) is 0.162. The smallest absolute Gasteiger partial charge is 0.102 e. The molecule has 3 N–H and O–H groups in total. The fourth-order valence-corrected chi connectivity index (χ4v) is 4.30. The third-order valence-electron chi connectivity index (χ3n) is 6.21. The molecule has 0 radical (unpaired) electrons. The predicted molar refractivity (Wildman–Crippen MR) is 123 cm³/mol. The van der Waals surface area contributed by atoms with Gasteiger partial charge in [-0.2, -0.15) is 0 Å². The Hall–Kier alpha value is 0.130. The van der Waals surface area contributed by atoms with Crippen molar-refractivity contribution >= 4 is 0 Å². The van der Waals surface area contributed by atoms with Crippen molar-refractivity contribution in [3.63, 3.8) is 0 Å². The van der Waals surface area contributed by atoms with Crippen LogP contribution in [0.25, 0.3) is 0 Å². The Morgan fingerprint density at radius 1 is 0.414 bits per heavy atom. The molecule has 0 aromatic heterocycles. The Labute approximate surface area is 188 Å². The Bertz CT molecular complexity index is 289. The summed E-state index contributed by atoms with van der Waals surface area (Å²) < 4.78 is 0.655. The second kappa shape index (κ2) is 24.4. The second-order valence-electron chi connectivity index (χ2n) is 8.71. The lowest BCUT2D eigenvalue weighted by atomic mass is 10.0. The van der Waals surface area contributed by atoms with E-state index in [-0.39, 0.29) is 32.2 Å². The molecule has 0 amide bonds. The molecule has 0 rings (SSSR count). The van der Waals surface area contributed by atoms with Crippen LogP contribution < -0.4 is 0 Å². The number of halogens is 1. The number of hydrogen-bond acceptors (Lipinski definition) is 3. The van der Waals surface area contributed by atoms with Crippen molar-refractivity contribution in [2.75, 3.05) is 46.0 Å². The van der Waals surface area contributed by atoms with E-state index in [1.54, 1.807) is 0 Å². The molecule has 0 unspecified atom stereocenters. The van der Waals surface area contributed by atoms with Crippen molar-refractivity contribution in [1.29, 1.82) is 0 Å². The Kier molecular flexibility index (Phi) is 26.3. The van der Waals surface area contributed by atoms with Crippen LogP contribution >= 0.6 is 0 Å². The molecule has 0 aromatic carbocycles. The lowest BCUT2D eigenvalue weighted by Crippen LogP contribution is -2.53. The first-order chi connectivity index (χ1) is 13.7. The second-order valence-corrected chi connectivity index (χ2v) is 8.71. The summed E-state index contributed by atoms with van der Waals surface area (Å²) in [5.41, 5.74) is 0. The van der Waals surface area contributed by atoms with Crippen molar-refractivity contribution < 1.29 is 32.2 Å². The largest absolute Gasteiger partial charge is 0.391 e. The van der Waals surface area contributed by atoms with Gasteiger partial charge < -0.3 is 19.8 Å². The zero-order valence-corrected chi connectivity index (χ0v) is 20.4. The van der Waals surface area contributed by atoms with E-state index >= 15 is 0 Å². The highest BCUT2D eigenvalue weighted by molar-refractivity contribution is 4.51. The number of quaternary nitrogens is 1. The third-order valence-corrected chi connectivity index (χ3v) is 6.21. The van der Waals surface area contributed by atoms with E-state index in [4.69, 9.17) is 0 Å². The molecule has 0 saturated carbocycles. The molecule has 0 spiro atoms. The summed E-state index contributed by atoms with van der Waals surface area (Å²) in [6.45, 7) is 5.53. The summed E-state index contributed by atoms with van der Waals surface area (Å²) in [5, 5.41) is 27.9. The molecule has 0 aliphatic carbocycles. The molecule has 0 atom stereocenters. The first-order valence-electron chi connectivity index (χ1n) is 12.4. The molecule has 4 nitrogen and oxygen atoms in total. The molecule has 0 saturated heterocycles. The van der Waals surface area contributed by atoms with E-state index in [0.717, 1.165) is 13.0 Å². The Balaban J connectivity index is 0. The highest BCUT2D eigenvalue weighted by atomic mass is 35.5. The van der Waals surface area contributed by atoms with Crippen LogP contribution in [0.5, 0.6) is 0 Å².